The van der Waals surface area contributed by atoms with E-state index in [2.05, 4.69) is 25.8 Å². The number of hydrogen-bond acceptors (Lipinski definition) is 7. The molecule has 0 atom stereocenters. The second-order valence-electron chi connectivity index (χ2n) is 5.22. The lowest BCUT2D eigenvalue weighted by Crippen LogP contribution is -2.26. The van der Waals surface area contributed by atoms with Crippen LogP contribution >= 0.6 is 11.3 Å². The molecule has 0 saturated heterocycles. The van der Waals surface area contributed by atoms with E-state index in [1.165, 1.54) is 31.4 Å². The lowest BCUT2D eigenvalue weighted by Gasteiger charge is -2.05. The smallest absolute Gasteiger partial charge is 0.216 e. The van der Waals surface area contributed by atoms with E-state index >= 15 is 0 Å². The van der Waals surface area contributed by atoms with Crippen LogP contribution in [0.2, 0.25) is 0 Å². The van der Waals surface area contributed by atoms with Crippen molar-refractivity contribution in [3.05, 3.63) is 17.9 Å². The number of ether oxygens (including phenoxy) is 1. The van der Waals surface area contributed by atoms with Gasteiger partial charge in [-0.05, 0) is 12.1 Å². The Bertz CT molecular complexity index is 922. The molecule has 0 spiro atoms. The number of fused-ring (bicyclic) bond motifs is 1. The molecule has 1 aromatic carbocycles. The van der Waals surface area contributed by atoms with Gasteiger partial charge in [0.1, 0.15) is 16.3 Å². The molecule has 0 bridgehead atoms. The lowest BCUT2D eigenvalue weighted by atomic mass is 10.3. The predicted molar refractivity (Wildman–Crippen MR) is 95.3 cm³/mol. The zero-order valence-corrected chi connectivity index (χ0v) is 14.5. The number of rotatable bonds is 6. The summed E-state index contributed by atoms with van der Waals surface area (Å²) in [6.07, 6.45) is 0. The molecule has 2 heterocycles. The van der Waals surface area contributed by atoms with E-state index in [0.717, 1.165) is 4.70 Å². The molecule has 8 nitrogen and oxygen atoms in total. The third-order valence-corrected chi connectivity index (χ3v) is 4.51. The number of amides is 1. The van der Waals surface area contributed by atoms with Crippen molar-refractivity contribution in [3.8, 4) is 16.3 Å². The highest BCUT2D eigenvalue weighted by Gasteiger charge is 2.20. The minimum absolute atomic E-state index is 0.0993. The van der Waals surface area contributed by atoms with Crippen LogP contribution in [0.3, 0.4) is 0 Å². The number of methoxy groups -OCH3 is 1. The first-order chi connectivity index (χ1) is 12.0. The van der Waals surface area contributed by atoms with E-state index in [1.54, 1.807) is 6.07 Å². The van der Waals surface area contributed by atoms with Gasteiger partial charge in [-0.25, -0.2) is 9.37 Å². The topological polar surface area (TPSA) is 118 Å². The molecule has 132 valence electrons. The van der Waals surface area contributed by atoms with Crippen LogP contribution in [0.1, 0.15) is 6.92 Å². The van der Waals surface area contributed by atoms with E-state index < -0.39 is 5.82 Å². The van der Waals surface area contributed by atoms with Crippen LogP contribution in [0.25, 0.3) is 20.8 Å². The molecule has 0 aliphatic carbocycles. The molecule has 5 N–H and O–H groups in total. The highest BCUT2D eigenvalue weighted by molar-refractivity contribution is 7.21. The zero-order valence-electron chi connectivity index (χ0n) is 13.6. The van der Waals surface area contributed by atoms with Crippen LogP contribution in [-0.4, -0.2) is 41.3 Å². The fraction of sp³-hybridized carbons (Fsp3) is 0.267. The maximum absolute atomic E-state index is 13.9. The van der Waals surface area contributed by atoms with Crippen LogP contribution in [0.5, 0.6) is 5.75 Å². The lowest BCUT2D eigenvalue weighted by molar-refractivity contribution is -0.118. The summed E-state index contributed by atoms with van der Waals surface area (Å²) >= 11 is 1.36. The largest absolute Gasteiger partial charge is 0.491 e. The van der Waals surface area contributed by atoms with E-state index in [1.807, 2.05) is 0 Å². The molecule has 10 heteroatoms. The highest BCUT2D eigenvalue weighted by atomic mass is 32.1. The average Bonchev–Trinajstić information content (AvgIpc) is 3.14. The number of carbonyl (C=O) groups is 1. The third-order valence-electron chi connectivity index (χ3n) is 3.47. The van der Waals surface area contributed by atoms with Crippen LogP contribution in [0.15, 0.2) is 12.1 Å². The Morgan fingerprint density at radius 3 is 2.96 bits per heavy atom. The highest BCUT2D eigenvalue weighted by Crippen LogP contribution is 2.40. The van der Waals surface area contributed by atoms with Gasteiger partial charge in [0.25, 0.3) is 0 Å². The van der Waals surface area contributed by atoms with Crippen LogP contribution in [0.4, 0.5) is 16.0 Å². The first kappa shape index (κ1) is 17.0. The summed E-state index contributed by atoms with van der Waals surface area (Å²) in [6, 6.07) is 2.99. The standard InChI is InChI=1S/C15H17FN6O2S/c1-7(23)18-5-6-19-14-10(13(17)21-22-14)15-20-11-9(25-15)4-3-8(16)12(11)24-2/h3-4H,5-6H2,1-2H3,(H,18,23)(H4,17,19,21,22). The number of aromatic amines is 1. The number of nitrogens with zero attached hydrogens (tertiary/aromatic N) is 2. The zero-order chi connectivity index (χ0) is 18.0. The van der Waals surface area contributed by atoms with Gasteiger partial charge in [0.2, 0.25) is 5.91 Å². The van der Waals surface area contributed by atoms with Gasteiger partial charge in [-0.2, -0.15) is 5.10 Å². The second-order valence-corrected chi connectivity index (χ2v) is 6.25. The molecular formula is C15H17FN6O2S. The molecular weight excluding hydrogens is 347 g/mol. The number of thiazole rings is 1. The molecule has 0 unspecified atom stereocenters. The van der Waals surface area contributed by atoms with Crippen molar-refractivity contribution in [1.29, 1.82) is 0 Å². The maximum atomic E-state index is 13.9. The number of nitrogens with two attached hydrogens (primary N) is 1. The summed E-state index contributed by atoms with van der Waals surface area (Å²) in [5.74, 6) is 0.383. The van der Waals surface area contributed by atoms with E-state index in [0.29, 0.717) is 40.8 Å². The molecule has 3 rings (SSSR count). The monoisotopic (exact) mass is 364 g/mol. The molecule has 0 aliphatic heterocycles. The summed E-state index contributed by atoms with van der Waals surface area (Å²) in [7, 11) is 1.40. The van der Waals surface area contributed by atoms with Crippen molar-refractivity contribution in [2.75, 3.05) is 31.2 Å². The van der Waals surface area contributed by atoms with Gasteiger partial charge in [0, 0.05) is 20.0 Å². The summed E-state index contributed by atoms with van der Waals surface area (Å²) < 4.78 is 19.7. The minimum atomic E-state index is -0.472. The number of aromatic nitrogens is 3. The normalized spacial score (nSPS) is 10.8. The van der Waals surface area contributed by atoms with Crippen LogP contribution < -0.4 is 21.1 Å². The molecule has 3 aromatic rings. The van der Waals surface area contributed by atoms with Crippen LogP contribution in [0, 0.1) is 5.82 Å². The number of benzene rings is 1. The Hall–Kier alpha value is -2.88. The van der Waals surface area contributed by atoms with Crippen molar-refractivity contribution < 1.29 is 13.9 Å². The Labute approximate surface area is 146 Å². The molecule has 2 aromatic heterocycles. The van der Waals surface area contributed by atoms with Crippen molar-refractivity contribution in [2.24, 2.45) is 0 Å². The first-order valence-corrected chi connectivity index (χ1v) is 8.28. The summed E-state index contributed by atoms with van der Waals surface area (Å²) in [6.45, 7) is 2.37. The van der Waals surface area contributed by atoms with Crippen molar-refractivity contribution >= 4 is 39.1 Å². The minimum Gasteiger partial charge on any atom is -0.491 e. The van der Waals surface area contributed by atoms with E-state index in [9.17, 15) is 9.18 Å². The van der Waals surface area contributed by atoms with Crippen LogP contribution in [-0.2, 0) is 4.79 Å². The number of anilines is 2. The van der Waals surface area contributed by atoms with Gasteiger partial charge < -0.3 is 21.1 Å². The SMILES string of the molecule is COc1c(F)ccc2sc(-c3c(NCCNC(C)=O)n[nH]c3N)nc12. The number of hydrogen-bond donors (Lipinski definition) is 4. The molecule has 0 fully saturated rings. The number of halogens is 1. The number of carbonyl (C=O) groups excluding carboxylic acids is 1. The second kappa shape index (κ2) is 6.93. The summed E-state index contributed by atoms with van der Waals surface area (Å²) in [5.41, 5.74) is 7.02. The average molecular weight is 364 g/mol. The maximum Gasteiger partial charge on any atom is 0.216 e. The number of nitrogens with one attached hydrogen (secondary N) is 3. The quantitative estimate of drug-likeness (QED) is 0.497. The van der Waals surface area contributed by atoms with Gasteiger partial charge in [0.05, 0.1) is 17.4 Å². The van der Waals surface area contributed by atoms with Gasteiger partial charge in [-0.15, -0.1) is 11.3 Å². The van der Waals surface area contributed by atoms with Crippen molar-refractivity contribution in [1.82, 2.24) is 20.5 Å². The summed E-state index contributed by atoms with van der Waals surface area (Å²) in [4.78, 5) is 15.4. The Balaban J connectivity index is 1.93. The van der Waals surface area contributed by atoms with Crippen molar-refractivity contribution in [2.45, 2.75) is 6.92 Å². The molecule has 1 amide bonds. The van der Waals surface area contributed by atoms with E-state index in [-0.39, 0.29) is 11.7 Å². The molecule has 0 aliphatic rings. The van der Waals surface area contributed by atoms with E-state index in [4.69, 9.17) is 10.5 Å². The predicted octanol–water partition coefficient (Wildman–Crippen LogP) is 1.96. The first-order valence-electron chi connectivity index (χ1n) is 7.46. The van der Waals surface area contributed by atoms with Gasteiger partial charge in [-0.1, -0.05) is 0 Å². The number of H-pyrrole nitrogens is 1. The van der Waals surface area contributed by atoms with Crippen molar-refractivity contribution in [3.63, 3.8) is 0 Å². The molecule has 0 radical (unpaired) electrons. The number of nitrogen functional groups attached to an aromatic ring is 1. The Morgan fingerprint density at radius 1 is 1.44 bits per heavy atom. The molecule has 25 heavy (non-hydrogen) atoms. The molecule has 0 saturated carbocycles. The third kappa shape index (κ3) is 3.33. The Morgan fingerprint density at radius 2 is 2.24 bits per heavy atom. The fourth-order valence-electron chi connectivity index (χ4n) is 2.37. The van der Waals surface area contributed by atoms with Gasteiger partial charge in [0.15, 0.2) is 17.4 Å². The van der Waals surface area contributed by atoms with Gasteiger partial charge >= 0.3 is 0 Å². The Kier molecular flexibility index (Phi) is 4.70. The summed E-state index contributed by atoms with van der Waals surface area (Å²) in [5, 5.41) is 13.2. The fourth-order valence-corrected chi connectivity index (χ4v) is 3.39. The van der Waals surface area contributed by atoms with Gasteiger partial charge in [-0.3, -0.25) is 9.89 Å².